The van der Waals surface area contributed by atoms with Gasteiger partial charge in [0.25, 0.3) is 0 Å². The average Bonchev–Trinajstić information content (AvgIpc) is 2.08. The van der Waals surface area contributed by atoms with Crippen molar-refractivity contribution in [2.24, 2.45) is 5.73 Å². The first-order valence-electron chi connectivity index (χ1n) is 3.85. The highest BCUT2D eigenvalue weighted by Gasteiger charge is 2.05. The van der Waals surface area contributed by atoms with Crippen molar-refractivity contribution in [1.29, 1.82) is 0 Å². The van der Waals surface area contributed by atoms with Gasteiger partial charge in [-0.3, -0.25) is 0 Å². The number of hydrogen-bond donors (Lipinski definition) is 1. The van der Waals surface area contributed by atoms with Crippen molar-refractivity contribution in [1.82, 2.24) is 0 Å². The van der Waals surface area contributed by atoms with E-state index in [0.717, 1.165) is 12.0 Å². The molecule has 0 saturated carbocycles. The highest BCUT2D eigenvalue weighted by molar-refractivity contribution is 9.10. The van der Waals surface area contributed by atoms with E-state index >= 15 is 0 Å². The van der Waals surface area contributed by atoms with E-state index in [1.54, 1.807) is 6.07 Å². The molecule has 0 spiro atoms. The maximum absolute atomic E-state index is 13.0. The van der Waals surface area contributed by atoms with E-state index in [4.69, 9.17) is 5.73 Å². The van der Waals surface area contributed by atoms with Crippen LogP contribution in [0.4, 0.5) is 4.39 Å². The topological polar surface area (TPSA) is 26.0 Å². The first-order valence-corrected chi connectivity index (χ1v) is 4.65. The van der Waals surface area contributed by atoms with Gasteiger partial charge in [-0.2, -0.15) is 0 Å². The summed E-state index contributed by atoms with van der Waals surface area (Å²) in [7, 11) is 0. The molecule has 1 atom stereocenters. The van der Waals surface area contributed by atoms with Crippen LogP contribution in [0.25, 0.3) is 0 Å². The van der Waals surface area contributed by atoms with Crippen molar-refractivity contribution in [2.45, 2.75) is 19.4 Å². The minimum atomic E-state index is -0.253. The first kappa shape index (κ1) is 12.9. The number of hydrogen-bond acceptors (Lipinski definition) is 1. The Morgan fingerprint density at radius 3 is 2.62 bits per heavy atom. The lowest BCUT2D eigenvalue weighted by atomic mass is 10.1. The molecule has 0 bridgehead atoms. The largest absolute Gasteiger partial charge is 0.324 e. The van der Waals surface area contributed by atoms with E-state index in [1.165, 1.54) is 6.07 Å². The summed E-state index contributed by atoms with van der Waals surface area (Å²) in [6.45, 7) is 1.98. The zero-order chi connectivity index (χ0) is 9.14. The summed E-state index contributed by atoms with van der Waals surface area (Å²) < 4.78 is 13.5. The second kappa shape index (κ2) is 5.58. The minimum Gasteiger partial charge on any atom is -0.324 e. The van der Waals surface area contributed by atoms with E-state index in [9.17, 15) is 4.39 Å². The molecule has 0 aliphatic heterocycles. The molecule has 0 aromatic heterocycles. The smallest absolute Gasteiger partial charge is 0.137 e. The third-order valence-corrected chi connectivity index (χ3v) is 2.45. The quantitative estimate of drug-likeness (QED) is 0.874. The zero-order valence-electron chi connectivity index (χ0n) is 7.26. The summed E-state index contributed by atoms with van der Waals surface area (Å²) in [4.78, 5) is 0. The van der Waals surface area contributed by atoms with Crippen molar-refractivity contribution in [3.8, 4) is 0 Å². The Labute approximate surface area is 92.1 Å². The van der Waals surface area contributed by atoms with E-state index in [1.807, 2.05) is 13.0 Å². The summed E-state index contributed by atoms with van der Waals surface area (Å²) in [6.07, 6.45) is 0.821. The molecule has 0 heterocycles. The van der Waals surface area contributed by atoms with Crippen LogP contribution >= 0.6 is 28.3 Å². The molecule has 1 rings (SSSR count). The highest BCUT2D eigenvalue weighted by Crippen LogP contribution is 2.20. The standard InChI is InChI=1S/C9H11BrFN.ClH/c1-2-9(12)6-3-4-7(10)8(11)5-6;/h3-5,9H,2,12H2,1H3;1H/t9-;/m1./s1. The van der Waals surface area contributed by atoms with Gasteiger partial charge in [0, 0.05) is 6.04 Å². The Morgan fingerprint density at radius 2 is 2.15 bits per heavy atom. The third kappa shape index (κ3) is 3.25. The van der Waals surface area contributed by atoms with Crippen molar-refractivity contribution >= 4 is 28.3 Å². The predicted molar refractivity (Wildman–Crippen MR) is 58.6 cm³/mol. The van der Waals surface area contributed by atoms with Gasteiger partial charge >= 0.3 is 0 Å². The molecule has 1 aromatic carbocycles. The summed E-state index contributed by atoms with van der Waals surface area (Å²) in [5.41, 5.74) is 6.58. The molecule has 0 radical (unpaired) electrons. The molecule has 4 heteroatoms. The fourth-order valence-corrected chi connectivity index (χ4v) is 1.23. The lowest BCUT2D eigenvalue weighted by Gasteiger charge is -2.08. The normalized spacial score (nSPS) is 12.0. The van der Waals surface area contributed by atoms with Crippen LogP contribution < -0.4 is 5.73 Å². The van der Waals surface area contributed by atoms with Gasteiger partial charge in [0.1, 0.15) is 5.82 Å². The van der Waals surface area contributed by atoms with Gasteiger partial charge in [0.2, 0.25) is 0 Å². The fourth-order valence-electron chi connectivity index (χ4n) is 0.979. The summed E-state index contributed by atoms with van der Waals surface area (Å²) in [5.74, 6) is -0.253. The molecule has 2 N–H and O–H groups in total. The molecular weight excluding hydrogens is 256 g/mol. The second-order valence-electron chi connectivity index (χ2n) is 2.69. The van der Waals surface area contributed by atoms with Crippen LogP contribution in [-0.2, 0) is 0 Å². The van der Waals surface area contributed by atoms with Gasteiger partial charge in [0.05, 0.1) is 4.47 Å². The summed E-state index contributed by atoms with van der Waals surface area (Å²) in [6, 6.07) is 4.92. The van der Waals surface area contributed by atoms with Crippen LogP contribution in [0, 0.1) is 5.82 Å². The van der Waals surface area contributed by atoms with Gasteiger partial charge in [-0.15, -0.1) is 12.4 Å². The van der Waals surface area contributed by atoms with Gasteiger partial charge in [0.15, 0.2) is 0 Å². The molecule has 0 saturated heterocycles. The minimum absolute atomic E-state index is 0. The number of nitrogens with two attached hydrogens (primary N) is 1. The van der Waals surface area contributed by atoms with Gasteiger partial charge < -0.3 is 5.73 Å². The van der Waals surface area contributed by atoms with E-state index in [0.29, 0.717) is 4.47 Å². The molecule has 1 aromatic rings. The van der Waals surface area contributed by atoms with Crippen LogP contribution in [0.5, 0.6) is 0 Å². The average molecular weight is 269 g/mol. The Kier molecular flexibility index (Phi) is 5.53. The molecule has 13 heavy (non-hydrogen) atoms. The molecule has 0 aliphatic carbocycles. The summed E-state index contributed by atoms with van der Waals surface area (Å²) >= 11 is 3.08. The number of rotatable bonds is 2. The van der Waals surface area contributed by atoms with Crippen LogP contribution in [0.15, 0.2) is 22.7 Å². The van der Waals surface area contributed by atoms with Crippen LogP contribution in [0.3, 0.4) is 0 Å². The van der Waals surface area contributed by atoms with Crippen molar-refractivity contribution in [3.63, 3.8) is 0 Å². The van der Waals surface area contributed by atoms with Crippen LogP contribution in [0.1, 0.15) is 24.9 Å². The molecule has 0 aliphatic rings. The molecule has 0 fully saturated rings. The van der Waals surface area contributed by atoms with Gasteiger partial charge in [-0.05, 0) is 40.0 Å². The van der Waals surface area contributed by atoms with Crippen LogP contribution in [0.2, 0.25) is 0 Å². The Hall–Kier alpha value is -0.120. The van der Waals surface area contributed by atoms with Crippen molar-refractivity contribution < 1.29 is 4.39 Å². The maximum Gasteiger partial charge on any atom is 0.137 e. The number of halogens is 3. The van der Waals surface area contributed by atoms with Crippen molar-refractivity contribution in [3.05, 3.63) is 34.1 Å². The first-order chi connectivity index (χ1) is 5.65. The predicted octanol–water partition coefficient (Wildman–Crippen LogP) is 3.42. The highest BCUT2D eigenvalue weighted by atomic mass is 79.9. The lowest BCUT2D eigenvalue weighted by Crippen LogP contribution is -2.08. The number of benzene rings is 1. The van der Waals surface area contributed by atoms with Gasteiger partial charge in [-0.25, -0.2) is 4.39 Å². The molecule has 74 valence electrons. The van der Waals surface area contributed by atoms with Gasteiger partial charge in [-0.1, -0.05) is 13.0 Å². The van der Waals surface area contributed by atoms with E-state index in [-0.39, 0.29) is 24.3 Å². The lowest BCUT2D eigenvalue weighted by molar-refractivity contribution is 0.610. The van der Waals surface area contributed by atoms with Crippen molar-refractivity contribution in [2.75, 3.05) is 0 Å². The Morgan fingerprint density at radius 1 is 1.54 bits per heavy atom. The molecule has 0 unspecified atom stereocenters. The second-order valence-corrected chi connectivity index (χ2v) is 3.54. The Balaban J connectivity index is 0.00000144. The Bertz CT molecular complexity index is 280. The van der Waals surface area contributed by atoms with E-state index in [2.05, 4.69) is 15.9 Å². The molecule has 1 nitrogen and oxygen atoms in total. The maximum atomic E-state index is 13.0. The molecule has 0 amide bonds. The SMILES string of the molecule is CC[C@@H](N)c1ccc(Br)c(F)c1.Cl. The molecular formula is C9H12BrClFN. The van der Waals surface area contributed by atoms with E-state index < -0.39 is 0 Å². The zero-order valence-corrected chi connectivity index (χ0v) is 9.66. The fraction of sp³-hybridized carbons (Fsp3) is 0.333. The third-order valence-electron chi connectivity index (χ3n) is 1.81. The van der Waals surface area contributed by atoms with Crippen LogP contribution in [-0.4, -0.2) is 0 Å². The monoisotopic (exact) mass is 267 g/mol. The summed E-state index contributed by atoms with van der Waals surface area (Å²) in [5, 5.41) is 0.